The maximum Gasteiger partial charge on any atom is 0.220 e. The Morgan fingerprint density at radius 2 is 1.85 bits per heavy atom. The fourth-order valence-electron chi connectivity index (χ4n) is 1.93. The Morgan fingerprint density at radius 1 is 1.25 bits per heavy atom. The molecule has 0 spiro atoms. The lowest BCUT2D eigenvalue weighted by molar-refractivity contribution is -0.121. The van der Waals surface area contributed by atoms with E-state index in [2.05, 4.69) is 19.2 Å². The second-order valence-electron chi connectivity index (χ2n) is 5.57. The number of amides is 1. The molecule has 0 aromatic carbocycles. The summed E-state index contributed by atoms with van der Waals surface area (Å²) in [7, 11) is -0.278. The molecular weight excluding hydrogens is 278 g/mol. The standard InChI is InChI=1S/C13H29N3O3S/c1-11(2)12(7-8-14)5-6-13(17)15-9-10-20(18,19)16(3)4/h11-12H,5-10,14H2,1-4H3,(H,15,17). The quantitative estimate of drug-likeness (QED) is 0.611. The van der Waals surface area contributed by atoms with Crippen LogP contribution in [0.15, 0.2) is 0 Å². The zero-order chi connectivity index (χ0) is 15.8. The average Bonchev–Trinajstić information content (AvgIpc) is 2.33. The smallest absolute Gasteiger partial charge is 0.220 e. The molecule has 7 heteroatoms. The third-order valence-electron chi connectivity index (χ3n) is 3.46. The number of rotatable bonds is 10. The Balaban J connectivity index is 4.01. The van der Waals surface area contributed by atoms with Crippen LogP contribution in [0.3, 0.4) is 0 Å². The second-order valence-corrected chi connectivity index (χ2v) is 7.87. The van der Waals surface area contributed by atoms with E-state index in [0.29, 0.717) is 24.8 Å². The minimum Gasteiger partial charge on any atom is -0.355 e. The van der Waals surface area contributed by atoms with Gasteiger partial charge in [-0.2, -0.15) is 0 Å². The molecule has 1 unspecified atom stereocenters. The van der Waals surface area contributed by atoms with Crippen molar-refractivity contribution in [2.45, 2.75) is 33.1 Å². The van der Waals surface area contributed by atoms with E-state index in [9.17, 15) is 13.2 Å². The predicted molar refractivity (Wildman–Crippen MR) is 81.7 cm³/mol. The number of carbonyl (C=O) groups excluding carboxylic acids is 1. The van der Waals surface area contributed by atoms with Crippen molar-refractivity contribution >= 4 is 15.9 Å². The molecule has 0 bridgehead atoms. The van der Waals surface area contributed by atoms with Crippen molar-refractivity contribution in [3.8, 4) is 0 Å². The Morgan fingerprint density at radius 3 is 2.30 bits per heavy atom. The number of nitrogens with one attached hydrogen (secondary N) is 1. The van der Waals surface area contributed by atoms with Gasteiger partial charge in [0.2, 0.25) is 15.9 Å². The third kappa shape index (κ3) is 7.81. The van der Waals surface area contributed by atoms with Crippen molar-refractivity contribution in [2.75, 3.05) is 32.9 Å². The van der Waals surface area contributed by atoms with Crippen LogP contribution in [0.25, 0.3) is 0 Å². The van der Waals surface area contributed by atoms with Crippen LogP contribution in [0, 0.1) is 11.8 Å². The molecule has 0 aromatic heterocycles. The van der Waals surface area contributed by atoms with E-state index in [4.69, 9.17) is 5.73 Å². The van der Waals surface area contributed by atoms with Gasteiger partial charge in [0.1, 0.15) is 0 Å². The van der Waals surface area contributed by atoms with E-state index >= 15 is 0 Å². The summed E-state index contributed by atoms with van der Waals surface area (Å²) in [6.45, 7) is 5.04. The van der Waals surface area contributed by atoms with E-state index in [0.717, 1.165) is 17.1 Å². The van der Waals surface area contributed by atoms with Crippen LogP contribution in [0.4, 0.5) is 0 Å². The highest BCUT2D eigenvalue weighted by Crippen LogP contribution is 2.20. The molecule has 6 nitrogen and oxygen atoms in total. The van der Waals surface area contributed by atoms with Crippen molar-refractivity contribution in [1.82, 2.24) is 9.62 Å². The summed E-state index contributed by atoms with van der Waals surface area (Å²) in [4.78, 5) is 11.7. The van der Waals surface area contributed by atoms with Crippen LogP contribution in [0.2, 0.25) is 0 Å². The summed E-state index contributed by atoms with van der Waals surface area (Å²) in [5, 5.41) is 2.65. The van der Waals surface area contributed by atoms with Crippen LogP contribution in [-0.4, -0.2) is 51.6 Å². The van der Waals surface area contributed by atoms with Gasteiger partial charge in [-0.3, -0.25) is 4.79 Å². The number of nitrogens with two attached hydrogens (primary N) is 1. The first-order chi connectivity index (χ1) is 9.20. The topological polar surface area (TPSA) is 92.5 Å². The molecule has 0 heterocycles. The maximum atomic E-state index is 11.7. The summed E-state index contributed by atoms with van der Waals surface area (Å²) >= 11 is 0. The van der Waals surface area contributed by atoms with E-state index in [-0.39, 0.29) is 18.2 Å². The molecule has 0 fully saturated rings. The first-order valence-electron chi connectivity index (χ1n) is 7.07. The molecule has 0 radical (unpaired) electrons. The predicted octanol–water partition coefficient (Wildman–Crippen LogP) is 0.395. The average molecular weight is 307 g/mol. The van der Waals surface area contributed by atoms with Gasteiger partial charge in [-0.1, -0.05) is 13.8 Å². The fourth-order valence-corrected chi connectivity index (χ4v) is 2.66. The second kappa shape index (κ2) is 9.31. The van der Waals surface area contributed by atoms with Gasteiger partial charge < -0.3 is 11.1 Å². The highest BCUT2D eigenvalue weighted by atomic mass is 32.2. The van der Waals surface area contributed by atoms with E-state index < -0.39 is 10.0 Å². The third-order valence-corrected chi connectivity index (χ3v) is 5.29. The van der Waals surface area contributed by atoms with Gasteiger partial charge in [0.25, 0.3) is 0 Å². The number of carbonyl (C=O) groups is 1. The molecular formula is C13H29N3O3S. The Kier molecular flexibility index (Phi) is 9.00. The molecule has 0 aromatic rings. The molecule has 120 valence electrons. The van der Waals surface area contributed by atoms with Crippen molar-refractivity contribution in [2.24, 2.45) is 17.6 Å². The minimum atomic E-state index is -3.25. The van der Waals surface area contributed by atoms with Crippen LogP contribution in [0.5, 0.6) is 0 Å². The maximum absolute atomic E-state index is 11.7. The van der Waals surface area contributed by atoms with Gasteiger partial charge in [-0.25, -0.2) is 12.7 Å². The van der Waals surface area contributed by atoms with Crippen LogP contribution < -0.4 is 11.1 Å². The SMILES string of the molecule is CC(C)C(CCN)CCC(=O)NCCS(=O)(=O)N(C)C. The molecule has 0 rings (SSSR count). The Labute approximate surface area is 123 Å². The van der Waals surface area contributed by atoms with E-state index in [1.807, 2.05) is 0 Å². The normalized spacial score (nSPS) is 13.8. The zero-order valence-corrected chi connectivity index (χ0v) is 13.9. The highest BCUT2D eigenvalue weighted by Gasteiger charge is 2.16. The van der Waals surface area contributed by atoms with Gasteiger partial charge in [0.05, 0.1) is 5.75 Å². The number of hydrogen-bond acceptors (Lipinski definition) is 4. The number of nitrogens with zero attached hydrogens (tertiary/aromatic N) is 1. The van der Waals surface area contributed by atoms with Gasteiger partial charge in [0.15, 0.2) is 0 Å². The fraction of sp³-hybridized carbons (Fsp3) is 0.923. The van der Waals surface area contributed by atoms with Crippen molar-refractivity contribution < 1.29 is 13.2 Å². The molecule has 0 saturated carbocycles. The lowest BCUT2D eigenvalue weighted by atomic mass is 9.88. The van der Waals surface area contributed by atoms with Gasteiger partial charge in [-0.15, -0.1) is 0 Å². The molecule has 3 N–H and O–H groups in total. The lowest BCUT2D eigenvalue weighted by Gasteiger charge is -2.19. The molecule has 1 atom stereocenters. The van der Waals surface area contributed by atoms with E-state index in [1.165, 1.54) is 14.1 Å². The summed E-state index contributed by atoms with van der Waals surface area (Å²) < 4.78 is 24.2. The molecule has 0 aliphatic carbocycles. The molecule has 20 heavy (non-hydrogen) atoms. The minimum absolute atomic E-state index is 0.0673. The largest absolute Gasteiger partial charge is 0.355 e. The highest BCUT2D eigenvalue weighted by molar-refractivity contribution is 7.89. The summed E-state index contributed by atoms with van der Waals surface area (Å²) in [5.41, 5.74) is 5.56. The summed E-state index contributed by atoms with van der Waals surface area (Å²) in [6.07, 6.45) is 2.13. The zero-order valence-electron chi connectivity index (χ0n) is 13.1. The van der Waals surface area contributed by atoms with Crippen molar-refractivity contribution in [3.05, 3.63) is 0 Å². The molecule has 1 amide bonds. The molecule has 0 aliphatic rings. The van der Waals surface area contributed by atoms with Gasteiger partial charge in [-0.05, 0) is 31.2 Å². The monoisotopic (exact) mass is 307 g/mol. The van der Waals surface area contributed by atoms with Crippen LogP contribution >= 0.6 is 0 Å². The van der Waals surface area contributed by atoms with E-state index in [1.54, 1.807) is 0 Å². The number of sulfonamides is 1. The Hall–Kier alpha value is -0.660. The molecule has 0 aliphatic heterocycles. The molecule has 0 saturated heterocycles. The van der Waals surface area contributed by atoms with Crippen LogP contribution in [0.1, 0.15) is 33.1 Å². The number of hydrogen-bond donors (Lipinski definition) is 2. The first kappa shape index (κ1) is 19.3. The first-order valence-corrected chi connectivity index (χ1v) is 8.68. The van der Waals surface area contributed by atoms with Crippen LogP contribution in [-0.2, 0) is 14.8 Å². The lowest BCUT2D eigenvalue weighted by Crippen LogP contribution is -2.34. The summed E-state index contributed by atoms with van der Waals surface area (Å²) in [6, 6.07) is 0. The van der Waals surface area contributed by atoms with Gasteiger partial charge in [0, 0.05) is 27.1 Å². The van der Waals surface area contributed by atoms with Crippen molar-refractivity contribution in [1.29, 1.82) is 0 Å². The summed E-state index contributed by atoms with van der Waals surface area (Å²) in [5.74, 6) is 0.778. The van der Waals surface area contributed by atoms with Gasteiger partial charge >= 0.3 is 0 Å². The Bertz CT molecular complexity index is 380. The van der Waals surface area contributed by atoms with Crippen molar-refractivity contribution in [3.63, 3.8) is 0 Å².